The summed E-state index contributed by atoms with van der Waals surface area (Å²) >= 11 is 0. The van der Waals surface area contributed by atoms with Crippen molar-refractivity contribution in [2.24, 2.45) is 4.99 Å². The number of benzene rings is 1. The van der Waals surface area contributed by atoms with Crippen molar-refractivity contribution >= 4 is 29.9 Å². The molecule has 1 aromatic carbocycles. The lowest BCUT2D eigenvalue weighted by molar-refractivity contribution is 0.402. The fraction of sp³-hybridized carbons (Fsp3) is 0.533. The van der Waals surface area contributed by atoms with Crippen LogP contribution in [0, 0.1) is 0 Å². The Morgan fingerprint density at radius 1 is 1.20 bits per heavy atom. The molecule has 1 rings (SSSR count). The first kappa shape index (κ1) is 19.2. The lowest BCUT2D eigenvalue weighted by Gasteiger charge is -2.13. The minimum Gasteiger partial charge on any atom is -0.356 e. The van der Waals surface area contributed by atoms with Crippen LogP contribution in [0.5, 0.6) is 0 Å². The zero-order valence-corrected chi connectivity index (χ0v) is 15.3. The summed E-state index contributed by atoms with van der Waals surface area (Å²) in [6, 6.07) is 8.64. The van der Waals surface area contributed by atoms with Gasteiger partial charge in [-0.05, 0) is 31.6 Å². The van der Waals surface area contributed by atoms with E-state index in [-0.39, 0.29) is 24.0 Å². The maximum absolute atomic E-state index is 4.20. The number of aliphatic imine (C=N–C) groups is 1. The average Bonchev–Trinajstić information content (AvgIpc) is 2.38. The summed E-state index contributed by atoms with van der Waals surface area (Å²) in [5.41, 5.74) is 2.61. The summed E-state index contributed by atoms with van der Waals surface area (Å²) in [5, 5.41) is 6.59. The zero-order valence-electron chi connectivity index (χ0n) is 12.9. The Hall–Kier alpha value is -0.820. The molecule has 0 saturated heterocycles. The van der Waals surface area contributed by atoms with Crippen LogP contribution in [0.1, 0.15) is 24.5 Å². The Labute approximate surface area is 140 Å². The second kappa shape index (κ2) is 10.9. The Bertz CT molecular complexity index is 405. The number of hydrogen-bond donors (Lipinski definition) is 2. The number of guanidine groups is 1. The maximum atomic E-state index is 4.20. The molecule has 0 aromatic heterocycles. The van der Waals surface area contributed by atoms with Gasteiger partial charge in [0.25, 0.3) is 0 Å². The van der Waals surface area contributed by atoms with Gasteiger partial charge in [0.2, 0.25) is 0 Å². The molecule has 0 radical (unpaired) electrons. The van der Waals surface area contributed by atoms with Gasteiger partial charge in [-0.1, -0.05) is 31.2 Å². The standard InChI is InChI=1S/C15H26N4.HI/c1-5-9-17-15(16-2)18-11-13-7-6-8-14(10-13)12-19(3)4;/h6-8,10H,5,9,11-12H2,1-4H3,(H2,16,17,18);1H. The lowest BCUT2D eigenvalue weighted by Crippen LogP contribution is -2.37. The molecule has 5 heteroatoms. The van der Waals surface area contributed by atoms with Crippen molar-refractivity contribution < 1.29 is 0 Å². The predicted octanol–water partition coefficient (Wildman–Crippen LogP) is 2.44. The van der Waals surface area contributed by atoms with E-state index in [0.29, 0.717) is 0 Å². The number of nitrogens with zero attached hydrogens (tertiary/aromatic N) is 2. The highest BCUT2D eigenvalue weighted by molar-refractivity contribution is 14.0. The average molecular weight is 390 g/mol. The highest BCUT2D eigenvalue weighted by atomic mass is 127. The maximum Gasteiger partial charge on any atom is 0.191 e. The van der Waals surface area contributed by atoms with Crippen molar-refractivity contribution in [2.75, 3.05) is 27.7 Å². The molecular weight excluding hydrogens is 363 g/mol. The van der Waals surface area contributed by atoms with Crippen molar-refractivity contribution in [1.29, 1.82) is 0 Å². The second-order valence-electron chi connectivity index (χ2n) is 4.91. The Balaban J connectivity index is 0.00000361. The Morgan fingerprint density at radius 3 is 2.50 bits per heavy atom. The topological polar surface area (TPSA) is 39.7 Å². The van der Waals surface area contributed by atoms with Crippen molar-refractivity contribution in [2.45, 2.75) is 26.4 Å². The molecule has 0 bridgehead atoms. The van der Waals surface area contributed by atoms with Crippen LogP contribution in [0.2, 0.25) is 0 Å². The Morgan fingerprint density at radius 2 is 1.90 bits per heavy atom. The fourth-order valence-electron chi connectivity index (χ4n) is 1.85. The third-order valence-electron chi connectivity index (χ3n) is 2.72. The second-order valence-corrected chi connectivity index (χ2v) is 4.91. The van der Waals surface area contributed by atoms with Gasteiger partial charge in [0.05, 0.1) is 0 Å². The van der Waals surface area contributed by atoms with Gasteiger partial charge >= 0.3 is 0 Å². The predicted molar refractivity (Wildman–Crippen MR) is 97.7 cm³/mol. The van der Waals surface area contributed by atoms with E-state index >= 15 is 0 Å². The molecule has 0 aliphatic rings. The van der Waals surface area contributed by atoms with E-state index in [4.69, 9.17) is 0 Å². The number of halogens is 1. The number of hydrogen-bond acceptors (Lipinski definition) is 2. The van der Waals surface area contributed by atoms with Gasteiger partial charge in [0, 0.05) is 26.7 Å². The van der Waals surface area contributed by atoms with Gasteiger partial charge in [-0.25, -0.2) is 0 Å². The SMILES string of the molecule is CCCNC(=NC)NCc1cccc(CN(C)C)c1.I. The normalized spacial score (nSPS) is 11.2. The monoisotopic (exact) mass is 390 g/mol. The van der Waals surface area contributed by atoms with Gasteiger partial charge < -0.3 is 15.5 Å². The van der Waals surface area contributed by atoms with Gasteiger partial charge in [-0.15, -0.1) is 24.0 Å². The van der Waals surface area contributed by atoms with Crippen molar-refractivity contribution in [3.63, 3.8) is 0 Å². The molecular formula is C15H27IN4. The third-order valence-corrected chi connectivity index (χ3v) is 2.72. The molecule has 0 unspecified atom stereocenters. The first-order chi connectivity index (χ1) is 9.15. The minimum atomic E-state index is 0. The van der Waals surface area contributed by atoms with E-state index in [1.54, 1.807) is 7.05 Å². The third kappa shape index (κ3) is 7.69. The molecule has 0 amide bonds. The summed E-state index contributed by atoms with van der Waals surface area (Å²) in [6.07, 6.45) is 1.10. The van der Waals surface area contributed by atoms with Gasteiger partial charge in [-0.2, -0.15) is 0 Å². The summed E-state index contributed by atoms with van der Waals surface area (Å²) < 4.78 is 0. The van der Waals surface area contributed by atoms with Crippen LogP contribution in [0.3, 0.4) is 0 Å². The highest BCUT2D eigenvalue weighted by Crippen LogP contribution is 2.06. The summed E-state index contributed by atoms with van der Waals surface area (Å²) in [6.45, 7) is 4.85. The van der Waals surface area contributed by atoms with Gasteiger partial charge in [0.15, 0.2) is 5.96 Å². The van der Waals surface area contributed by atoms with E-state index in [0.717, 1.165) is 32.0 Å². The van der Waals surface area contributed by atoms with Crippen LogP contribution < -0.4 is 10.6 Å². The molecule has 0 fully saturated rings. The molecule has 114 valence electrons. The zero-order chi connectivity index (χ0) is 14.1. The first-order valence-electron chi connectivity index (χ1n) is 6.82. The largest absolute Gasteiger partial charge is 0.356 e. The van der Waals surface area contributed by atoms with E-state index in [2.05, 4.69) is 65.8 Å². The lowest BCUT2D eigenvalue weighted by atomic mass is 10.1. The molecule has 0 aliphatic heterocycles. The molecule has 0 spiro atoms. The van der Waals surface area contributed by atoms with Crippen molar-refractivity contribution in [3.8, 4) is 0 Å². The molecule has 0 heterocycles. The summed E-state index contributed by atoms with van der Waals surface area (Å²) in [7, 11) is 5.97. The van der Waals surface area contributed by atoms with Crippen LogP contribution in [0.15, 0.2) is 29.3 Å². The van der Waals surface area contributed by atoms with Crippen LogP contribution in [-0.2, 0) is 13.1 Å². The van der Waals surface area contributed by atoms with Gasteiger partial charge in [-0.3, -0.25) is 4.99 Å². The minimum absolute atomic E-state index is 0. The van der Waals surface area contributed by atoms with E-state index in [1.165, 1.54) is 11.1 Å². The molecule has 20 heavy (non-hydrogen) atoms. The molecule has 2 N–H and O–H groups in total. The van der Waals surface area contributed by atoms with Crippen LogP contribution in [0.4, 0.5) is 0 Å². The number of rotatable bonds is 6. The van der Waals surface area contributed by atoms with Crippen LogP contribution in [-0.4, -0.2) is 38.5 Å². The quantitative estimate of drug-likeness (QED) is 0.445. The summed E-state index contributed by atoms with van der Waals surface area (Å²) in [4.78, 5) is 6.37. The van der Waals surface area contributed by atoms with E-state index < -0.39 is 0 Å². The van der Waals surface area contributed by atoms with Crippen molar-refractivity contribution in [3.05, 3.63) is 35.4 Å². The van der Waals surface area contributed by atoms with Gasteiger partial charge in [0.1, 0.15) is 0 Å². The number of nitrogens with one attached hydrogen (secondary N) is 2. The Kier molecular flexibility index (Phi) is 10.5. The highest BCUT2D eigenvalue weighted by Gasteiger charge is 2.00. The van der Waals surface area contributed by atoms with Crippen LogP contribution >= 0.6 is 24.0 Å². The fourth-order valence-corrected chi connectivity index (χ4v) is 1.85. The molecule has 4 nitrogen and oxygen atoms in total. The molecule has 0 atom stereocenters. The smallest absolute Gasteiger partial charge is 0.191 e. The molecule has 0 saturated carbocycles. The van der Waals surface area contributed by atoms with Crippen molar-refractivity contribution in [1.82, 2.24) is 15.5 Å². The molecule has 0 aliphatic carbocycles. The molecule has 1 aromatic rings. The summed E-state index contributed by atoms with van der Waals surface area (Å²) in [5.74, 6) is 0.861. The van der Waals surface area contributed by atoms with Crippen LogP contribution in [0.25, 0.3) is 0 Å². The first-order valence-corrected chi connectivity index (χ1v) is 6.82. The van der Waals surface area contributed by atoms with E-state index in [1.807, 2.05) is 0 Å². The van der Waals surface area contributed by atoms with E-state index in [9.17, 15) is 0 Å².